The van der Waals surface area contributed by atoms with Gasteiger partial charge in [-0.15, -0.1) is 0 Å². The molecule has 16 heavy (non-hydrogen) atoms. The van der Waals surface area contributed by atoms with Gasteiger partial charge in [-0.3, -0.25) is 4.90 Å². The van der Waals surface area contributed by atoms with Gasteiger partial charge < -0.3 is 5.11 Å². The van der Waals surface area contributed by atoms with E-state index in [1.165, 1.54) is 38.8 Å². The van der Waals surface area contributed by atoms with E-state index in [9.17, 15) is 13.9 Å². The van der Waals surface area contributed by atoms with Gasteiger partial charge in [-0.25, -0.2) is 8.78 Å². The average Bonchev–Trinajstić information content (AvgIpc) is 2.80. The summed E-state index contributed by atoms with van der Waals surface area (Å²) in [5.41, 5.74) is 0.236. The van der Waals surface area contributed by atoms with Crippen molar-refractivity contribution >= 4 is 0 Å². The molecule has 0 aliphatic carbocycles. The molecule has 0 bridgehead atoms. The van der Waals surface area contributed by atoms with Crippen molar-refractivity contribution in [3.8, 4) is 0 Å². The number of hydrogen-bond acceptors (Lipinski definition) is 2. The number of hydrogen-bond donors (Lipinski definition) is 1. The Hall–Kier alpha value is -0.220. The van der Waals surface area contributed by atoms with Crippen LogP contribution in [0.25, 0.3) is 0 Å². The van der Waals surface area contributed by atoms with Gasteiger partial charge in [-0.1, -0.05) is 21.3 Å². The molecule has 2 aliphatic rings. The van der Waals surface area contributed by atoms with E-state index in [2.05, 4.69) is 4.90 Å². The van der Waals surface area contributed by atoms with Crippen LogP contribution in [0.2, 0.25) is 0 Å². The zero-order valence-corrected chi connectivity index (χ0v) is 9.81. The lowest BCUT2D eigenvalue weighted by Crippen LogP contribution is -2.41. The van der Waals surface area contributed by atoms with E-state index in [0.717, 1.165) is 0 Å². The van der Waals surface area contributed by atoms with E-state index in [0.29, 0.717) is 6.61 Å². The number of aliphatic hydroxyl groups excluding tert-OH is 1. The number of fused-ring (bicyclic) bond motifs is 1. The highest BCUT2D eigenvalue weighted by Gasteiger charge is 2.43. The largest absolute Gasteiger partial charge is 0.394 e. The monoisotopic (exact) mass is 239 g/mol. The Morgan fingerprint density at radius 2 is 1.50 bits per heavy atom. The van der Waals surface area contributed by atoms with Crippen LogP contribution >= 0.6 is 0 Å². The lowest BCUT2D eigenvalue weighted by Gasteiger charge is -2.29. The molecule has 0 aromatic heterocycles. The van der Waals surface area contributed by atoms with Crippen LogP contribution in [0, 0.1) is 0 Å². The van der Waals surface area contributed by atoms with Crippen LogP contribution in [-0.2, 0) is 0 Å². The number of nitrogens with zero attached hydrogens (tertiary/aromatic N) is 1. The molecule has 0 aromatic rings. The summed E-state index contributed by atoms with van der Waals surface area (Å²) in [6, 6.07) is 0. The van der Waals surface area contributed by atoms with Crippen molar-refractivity contribution in [2.24, 2.45) is 0 Å². The Kier molecular flexibility index (Phi) is 11.3. The van der Waals surface area contributed by atoms with E-state index in [1.807, 2.05) is 13.8 Å². The zero-order chi connectivity index (χ0) is 11.7. The molecule has 4 heteroatoms. The van der Waals surface area contributed by atoms with E-state index < -0.39 is 6.93 Å². The second kappa shape index (κ2) is 9.97. The third kappa shape index (κ3) is 4.34. The highest BCUT2D eigenvalue weighted by atomic mass is 19.3. The van der Waals surface area contributed by atoms with Crippen molar-refractivity contribution in [3.63, 3.8) is 0 Å². The van der Waals surface area contributed by atoms with Gasteiger partial charge in [0, 0.05) is 5.54 Å². The number of aliphatic hydroxyl groups is 1. The molecule has 1 N–H and O–H groups in total. The molecule has 100 valence electrons. The minimum atomic E-state index is -1.75. The average molecular weight is 239 g/mol. The first-order valence-electron chi connectivity index (χ1n) is 5.77. The van der Waals surface area contributed by atoms with Crippen LogP contribution in [0.5, 0.6) is 0 Å². The first kappa shape index (κ1) is 18.2. The van der Waals surface area contributed by atoms with Crippen molar-refractivity contribution in [2.75, 3.05) is 26.6 Å². The molecule has 2 heterocycles. The van der Waals surface area contributed by atoms with Gasteiger partial charge in [0.15, 0.2) is 0 Å². The summed E-state index contributed by atoms with van der Waals surface area (Å²) in [7, 11) is 0. The van der Waals surface area contributed by atoms with Gasteiger partial charge in [-0.05, 0) is 38.8 Å². The van der Waals surface area contributed by atoms with Crippen LogP contribution < -0.4 is 0 Å². The maximum absolute atomic E-state index is 9.62. The second-order valence-electron chi connectivity index (χ2n) is 3.68. The topological polar surface area (TPSA) is 23.5 Å². The molecular weight excluding hydrogens is 212 g/mol. The first-order chi connectivity index (χ1) is 7.29. The third-order valence-corrected chi connectivity index (χ3v) is 3.11. The molecular formula is C12H27F2NO. The summed E-state index contributed by atoms with van der Waals surface area (Å²) in [4.78, 5) is 2.47. The van der Waals surface area contributed by atoms with Gasteiger partial charge in [-0.2, -0.15) is 0 Å². The Labute approximate surface area is 98.6 Å². The Morgan fingerprint density at radius 1 is 1.12 bits per heavy atom. The van der Waals surface area contributed by atoms with Crippen LogP contribution in [0.3, 0.4) is 0 Å². The first-order valence-corrected chi connectivity index (χ1v) is 5.77. The summed E-state index contributed by atoms with van der Waals surface area (Å²) >= 11 is 0. The van der Waals surface area contributed by atoms with Gasteiger partial charge >= 0.3 is 0 Å². The van der Waals surface area contributed by atoms with Gasteiger partial charge in [0.2, 0.25) is 6.93 Å². The SMILES string of the molecule is C.CC.FCF.OCC12CCCN1CCC2. The Balaban J connectivity index is 0. The van der Waals surface area contributed by atoms with Gasteiger partial charge in [0.05, 0.1) is 6.61 Å². The van der Waals surface area contributed by atoms with Gasteiger partial charge in [0.1, 0.15) is 0 Å². The highest BCUT2D eigenvalue weighted by Crippen LogP contribution is 2.37. The molecule has 2 fully saturated rings. The van der Waals surface area contributed by atoms with E-state index >= 15 is 0 Å². The highest BCUT2D eigenvalue weighted by molar-refractivity contribution is 4.99. The number of alkyl halides is 2. The smallest absolute Gasteiger partial charge is 0.229 e. The normalized spacial score (nSPS) is 20.8. The van der Waals surface area contributed by atoms with Crippen LogP contribution in [0.15, 0.2) is 0 Å². The minimum Gasteiger partial charge on any atom is -0.394 e. The zero-order valence-electron chi connectivity index (χ0n) is 9.81. The predicted molar refractivity (Wildman–Crippen MR) is 65.0 cm³/mol. The van der Waals surface area contributed by atoms with Crippen molar-refractivity contribution in [2.45, 2.75) is 52.5 Å². The maximum atomic E-state index is 9.62. The quantitative estimate of drug-likeness (QED) is 0.760. The van der Waals surface area contributed by atoms with Crippen molar-refractivity contribution in [1.82, 2.24) is 4.90 Å². The third-order valence-electron chi connectivity index (χ3n) is 3.11. The van der Waals surface area contributed by atoms with Crippen LogP contribution in [0.4, 0.5) is 8.78 Å². The molecule has 2 saturated heterocycles. The lowest BCUT2D eigenvalue weighted by atomic mass is 9.96. The maximum Gasteiger partial charge on any atom is 0.229 e. The fraction of sp³-hybridized carbons (Fsp3) is 1.00. The summed E-state index contributed by atoms with van der Waals surface area (Å²) < 4.78 is 19.2. The molecule has 0 aromatic carbocycles. The molecule has 2 nitrogen and oxygen atoms in total. The molecule has 0 saturated carbocycles. The number of halogens is 2. The van der Waals surface area contributed by atoms with Crippen LogP contribution in [0.1, 0.15) is 47.0 Å². The minimum absolute atomic E-state index is 0. The van der Waals surface area contributed by atoms with Crippen molar-refractivity contribution in [1.29, 1.82) is 0 Å². The molecule has 0 radical (unpaired) electrons. The summed E-state index contributed by atoms with van der Waals surface area (Å²) in [6.45, 7) is 5.08. The fourth-order valence-electron chi connectivity index (χ4n) is 2.48. The summed E-state index contributed by atoms with van der Waals surface area (Å²) in [5, 5.41) is 9.19. The van der Waals surface area contributed by atoms with E-state index in [-0.39, 0.29) is 13.0 Å². The predicted octanol–water partition coefficient (Wildman–Crippen LogP) is 3.15. The van der Waals surface area contributed by atoms with E-state index in [1.54, 1.807) is 0 Å². The lowest BCUT2D eigenvalue weighted by molar-refractivity contribution is 0.0999. The fourth-order valence-corrected chi connectivity index (χ4v) is 2.48. The number of rotatable bonds is 1. The molecule has 2 aliphatic heterocycles. The second-order valence-corrected chi connectivity index (χ2v) is 3.68. The van der Waals surface area contributed by atoms with E-state index in [4.69, 9.17) is 0 Å². The van der Waals surface area contributed by atoms with Crippen molar-refractivity contribution in [3.05, 3.63) is 0 Å². The molecule has 0 unspecified atom stereocenters. The summed E-state index contributed by atoms with van der Waals surface area (Å²) in [6.07, 6.45) is 5.04. The van der Waals surface area contributed by atoms with Crippen molar-refractivity contribution < 1.29 is 13.9 Å². The molecule has 0 amide bonds. The molecule has 2 rings (SSSR count). The molecule has 0 atom stereocenters. The van der Waals surface area contributed by atoms with Gasteiger partial charge in [0.25, 0.3) is 0 Å². The summed E-state index contributed by atoms with van der Waals surface area (Å²) in [5.74, 6) is 0. The Bertz CT molecular complexity index is 146. The Morgan fingerprint density at radius 3 is 1.75 bits per heavy atom. The molecule has 0 spiro atoms. The standard InChI is InChI=1S/C8H15NO.C2H6.CH2F2.CH4/c10-7-8-3-1-5-9(8)6-2-4-8;1-2;2-1-3;/h10H,1-7H2;1-2H3;1H2;1H4. The van der Waals surface area contributed by atoms with Crippen LogP contribution in [-0.4, -0.2) is 42.2 Å².